The Morgan fingerprint density at radius 3 is 2.09 bits per heavy atom. The van der Waals surface area contributed by atoms with Gasteiger partial charge in [0.1, 0.15) is 18.1 Å². The van der Waals surface area contributed by atoms with Crippen LogP contribution in [0.1, 0.15) is 11.3 Å². The highest BCUT2D eigenvalue weighted by Gasteiger charge is 2.36. The maximum Gasteiger partial charge on any atom is 0.573 e. The Kier molecular flexibility index (Phi) is 6.18. The minimum atomic E-state index is -4.86. The van der Waals surface area contributed by atoms with Gasteiger partial charge in [0.05, 0.1) is 5.52 Å². The van der Waals surface area contributed by atoms with Gasteiger partial charge in [-0.15, -0.1) is 13.2 Å². The molecule has 0 spiro atoms. The molecular formula is C23H15F6N3O2. The van der Waals surface area contributed by atoms with Crippen LogP contribution in [0.2, 0.25) is 0 Å². The molecule has 176 valence electrons. The number of alkyl halides is 6. The summed E-state index contributed by atoms with van der Waals surface area (Å²) in [6.07, 6.45) is -9.65. The molecular weight excluding hydrogens is 464 g/mol. The van der Waals surface area contributed by atoms with E-state index in [2.05, 4.69) is 20.0 Å². The number of nitrogens with zero attached hydrogens (tertiary/aromatic N) is 2. The smallest absolute Gasteiger partial charge is 0.489 e. The molecule has 0 unspecified atom stereocenters. The van der Waals surface area contributed by atoms with Gasteiger partial charge >= 0.3 is 12.5 Å². The zero-order valence-corrected chi connectivity index (χ0v) is 17.1. The first-order valence-electron chi connectivity index (χ1n) is 9.75. The van der Waals surface area contributed by atoms with E-state index in [-0.39, 0.29) is 34.9 Å². The average Bonchev–Trinajstić information content (AvgIpc) is 2.77. The number of hydrogen-bond acceptors (Lipinski definition) is 5. The van der Waals surface area contributed by atoms with Crippen LogP contribution in [-0.4, -0.2) is 16.3 Å². The molecule has 4 aromatic rings. The molecule has 0 radical (unpaired) electrons. The molecule has 0 saturated heterocycles. The van der Waals surface area contributed by atoms with Crippen molar-refractivity contribution in [3.63, 3.8) is 0 Å². The Bertz CT molecular complexity index is 1280. The van der Waals surface area contributed by atoms with Crippen molar-refractivity contribution in [1.29, 1.82) is 0 Å². The highest BCUT2D eigenvalue weighted by Crippen LogP contribution is 2.36. The third kappa shape index (κ3) is 5.85. The van der Waals surface area contributed by atoms with Gasteiger partial charge in [-0.05, 0) is 48.0 Å². The van der Waals surface area contributed by atoms with E-state index in [0.29, 0.717) is 0 Å². The standard InChI is InChI=1S/C23H15F6N3O2/c24-22(25,26)20-18-12-17(33-13-14-4-2-1-3-5-14)10-11-19(18)31-21(32-20)30-15-6-8-16(9-7-15)34-23(27,28)29/h1-12H,13H2,(H,30,31,32). The van der Waals surface area contributed by atoms with Gasteiger partial charge in [-0.25, -0.2) is 9.97 Å². The SMILES string of the molecule is FC(F)(F)Oc1ccc(Nc2nc(C(F)(F)F)c3cc(OCc4ccccc4)ccc3n2)cc1. The highest BCUT2D eigenvalue weighted by atomic mass is 19.4. The van der Waals surface area contributed by atoms with Crippen molar-refractivity contribution >= 4 is 22.5 Å². The molecule has 0 amide bonds. The van der Waals surface area contributed by atoms with Crippen molar-refractivity contribution in [3.05, 3.63) is 84.1 Å². The lowest BCUT2D eigenvalue weighted by atomic mass is 10.1. The van der Waals surface area contributed by atoms with Crippen LogP contribution in [0.3, 0.4) is 0 Å². The number of aromatic nitrogens is 2. The summed E-state index contributed by atoms with van der Waals surface area (Å²) in [5.74, 6) is -0.634. The molecule has 3 aromatic carbocycles. The van der Waals surface area contributed by atoms with Gasteiger partial charge in [0.15, 0.2) is 5.69 Å². The molecule has 4 rings (SSSR count). The predicted octanol–water partition coefficient (Wildman–Crippen LogP) is 6.87. The normalized spacial score (nSPS) is 11.9. The second kappa shape index (κ2) is 9.08. The van der Waals surface area contributed by atoms with E-state index < -0.39 is 24.0 Å². The number of nitrogens with one attached hydrogen (secondary N) is 1. The Labute approximate surface area is 189 Å². The molecule has 1 heterocycles. The minimum absolute atomic E-state index is 0.00825. The van der Waals surface area contributed by atoms with E-state index >= 15 is 0 Å². The summed E-state index contributed by atoms with van der Waals surface area (Å²) < 4.78 is 87.5. The predicted molar refractivity (Wildman–Crippen MR) is 112 cm³/mol. The van der Waals surface area contributed by atoms with E-state index in [1.54, 1.807) is 0 Å². The first kappa shape index (κ1) is 23.1. The van der Waals surface area contributed by atoms with Gasteiger partial charge in [-0.2, -0.15) is 13.2 Å². The minimum Gasteiger partial charge on any atom is -0.489 e. The molecule has 0 aliphatic rings. The molecule has 0 bridgehead atoms. The monoisotopic (exact) mass is 479 g/mol. The zero-order chi connectivity index (χ0) is 24.3. The van der Waals surface area contributed by atoms with Gasteiger partial charge in [0.2, 0.25) is 5.95 Å². The number of ether oxygens (including phenoxy) is 2. The fourth-order valence-corrected chi connectivity index (χ4v) is 3.08. The summed E-state index contributed by atoms with van der Waals surface area (Å²) in [7, 11) is 0. The first-order chi connectivity index (χ1) is 16.1. The Hall–Kier alpha value is -4.02. The summed E-state index contributed by atoms with van der Waals surface area (Å²) in [6, 6.07) is 17.6. The molecule has 0 fully saturated rings. The summed E-state index contributed by atoms with van der Waals surface area (Å²) in [5.41, 5.74) is -0.151. The molecule has 1 N–H and O–H groups in total. The largest absolute Gasteiger partial charge is 0.573 e. The van der Waals surface area contributed by atoms with Gasteiger partial charge in [0, 0.05) is 11.1 Å². The van der Waals surface area contributed by atoms with E-state index in [9.17, 15) is 26.3 Å². The van der Waals surface area contributed by atoms with Crippen LogP contribution in [0, 0.1) is 0 Å². The lowest BCUT2D eigenvalue weighted by molar-refractivity contribution is -0.274. The van der Waals surface area contributed by atoms with E-state index in [1.165, 1.54) is 30.3 Å². The van der Waals surface area contributed by atoms with Crippen molar-refractivity contribution in [3.8, 4) is 11.5 Å². The third-order valence-electron chi connectivity index (χ3n) is 4.53. The molecule has 0 saturated carbocycles. The molecule has 0 atom stereocenters. The average molecular weight is 479 g/mol. The third-order valence-corrected chi connectivity index (χ3v) is 4.53. The summed E-state index contributed by atoms with van der Waals surface area (Å²) in [4.78, 5) is 7.69. The number of hydrogen-bond donors (Lipinski definition) is 1. The fourth-order valence-electron chi connectivity index (χ4n) is 3.08. The number of fused-ring (bicyclic) bond motifs is 1. The quantitative estimate of drug-likeness (QED) is 0.306. The van der Waals surface area contributed by atoms with Crippen molar-refractivity contribution in [2.45, 2.75) is 19.1 Å². The van der Waals surface area contributed by atoms with Gasteiger partial charge < -0.3 is 14.8 Å². The first-order valence-corrected chi connectivity index (χ1v) is 9.75. The van der Waals surface area contributed by atoms with Crippen molar-refractivity contribution in [2.75, 3.05) is 5.32 Å². The molecule has 5 nitrogen and oxygen atoms in total. The van der Waals surface area contributed by atoms with E-state index in [1.807, 2.05) is 30.3 Å². The van der Waals surface area contributed by atoms with E-state index in [0.717, 1.165) is 17.7 Å². The second-order valence-electron chi connectivity index (χ2n) is 7.04. The summed E-state index contributed by atoms with van der Waals surface area (Å²) >= 11 is 0. The Morgan fingerprint density at radius 1 is 0.765 bits per heavy atom. The topological polar surface area (TPSA) is 56.3 Å². The zero-order valence-electron chi connectivity index (χ0n) is 17.1. The summed E-state index contributed by atoms with van der Waals surface area (Å²) in [5, 5.41) is 2.32. The second-order valence-corrected chi connectivity index (χ2v) is 7.04. The Morgan fingerprint density at radius 2 is 1.44 bits per heavy atom. The highest BCUT2D eigenvalue weighted by molar-refractivity contribution is 5.84. The van der Waals surface area contributed by atoms with Crippen LogP contribution in [0.25, 0.3) is 10.9 Å². The molecule has 34 heavy (non-hydrogen) atoms. The lowest BCUT2D eigenvalue weighted by Gasteiger charge is -2.14. The number of rotatable bonds is 6. The van der Waals surface area contributed by atoms with Crippen LogP contribution >= 0.6 is 0 Å². The molecule has 11 heteroatoms. The number of anilines is 2. The van der Waals surface area contributed by atoms with Crippen LogP contribution in [0.4, 0.5) is 38.0 Å². The van der Waals surface area contributed by atoms with Crippen LogP contribution in [0.15, 0.2) is 72.8 Å². The molecule has 0 aliphatic heterocycles. The lowest BCUT2D eigenvalue weighted by Crippen LogP contribution is -2.17. The van der Waals surface area contributed by atoms with Gasteiger partial charge in [0.25, 0.3) is 0 Å². The van der Waals surface area contributed by atoms with Gasteiger partial charge in [-0.1, -0.05) is 30.3 Å². The Balaban J connectivity index is 1.60. The summed E-state index contributed by atoms with van der Waals surface area (Å²) in [6.45, 7) is 0.169. The van der Waals surface area contributed by atoms with Gasteiger partial charge in [-0.3, -0.25) is 0 Å². The number of benzene rings is 3. The number of halogens is 6. The van der Waals surface area contributed by atoms with Crippen molar-refractivity contribution in [1.82, 2.24) is 9.97 Å². The van der Waals surface area contributed by atoms with Crippen molar-refractivity contribution in [2.24, 2.45) is 0 Å². The van der Waals surface area contributed by atoms with Crippen LogP contribution in [-0.2, 0) is 12.8 Å². The maximum absolute atomic E-state index is 13.7. The molecule has 0 aliphatic carbocycles. The van der Waals surface area contributed by atoms with Crippen molar-refractivity contribution < 1.29 is 35.8 Å². The van der Waals surface area contributed by atoms with E-state index in [4.69, 9.17) is 4.74 Å². The fraction of sp³-hybridized carbons (Fsp3) is 0.130. The van der Waals surface area contributed by atoms with Crippen LogP contribution < -0.4 is 14.8 Å². The maximum atomic E-state index is 13.7. The molecule has 1 aromatic heterocycles. The van der Waals surface area contributed by atoms with Crippen LogP contribution in [0.5, 0.6) is 11.5 Å².